The number of ether oxygens (including phenoxy) is 2. The molecule has 1 atom stereocenters. The summed E-state index contributed by atoms with van der Waals surface area (Å²) < 4.78 is 28.8. The second-order valence-electron chi connectivity index (χ2n) is 9.57. The van der Waals surface area contributed by atoms with Gasteiger partial charge < -0.3 is 22.8 Å². The van der Waals surface area contributed by atoms with Crippen molar-refractivity contribution in [1.29, 1.82) is 0 Å². The molecule has 9 heteroatoms. The van der Waals surface area contributed by atoms with E-state index >= 15 is 0 Å². The quantitative estimate of drug-likeness (QED) is 0.0530. The minimum atomic E-state index is -2.72. The van der Waals surface area contributed by atoms with E-state index in [0.717, 1.165) is 32.1 Å². The molecule has 0 aliphatic carbocycles. The molecule has 0 saturated carbocycles. The van der Waals surface area contributed by atoms with Crippen molar-refractivity contribution in [3.05, 3.63) is 0 Å². The molecule has 0 saturated heterocycles. The number of thioether (sulfide) groups is 1. The van der Waals surface area contributed by atoms with Gasteiger partial charge in [0, 0.05) is 25.9 Å². The highest BCUT2D eigenvalue weighted by Gasteiger charge is 2.39. The molecule has 0 aromatic rings. The van der Waals surface area contributed by atoms with Crippen molar-refractivity contribution in [2.24, 2.45) is 0 Å². The van der Waals surface area contributed by atoms with Gasteiger partial charge in [-0.05, 0) is 45.8 Å². The molecule has 0 aromatic heterocycles. The highest BCUT2D eigenvalue weighted by atomic mass is 32.2. The number of hydrogen-bond donors (Lipinski definition) is 0. The van der Waals surface area contributed by atoms with Crippen molar-refractivity contribution >= 4 is 32.5 Å². The highest BCUT2D eigenvalue weighted by molar-refractivity contribution is 8.00. The summed E-state index contributed by atoms with van der Waals surface area (Å²) in [6.07, 6.45) is 14.4. The largest absolute Gasteiger partial charge is 0.500 e. The van der Waals surface area contributed by atoms with Crippen LogP contribution < -0.4 is 0 Å². The smallest absolute Gasteiger partial charge is 0.466 e. The maximum Gasteiger partial charge on any atom is 0.500 e. The zero-order valence-electron chi connectivity index (χ0n) is 25.2. The summed E-state index contributed by atoms with van der Waals surface area (Å²) in [4.78, 5) is 25.4. The van der Waals surface area contributed by atoms with Gasteiger partial charge in [0.05, 0.1) is 19.6 Å². The Hall–Kier alpha value is -0.613. The number of unbranched alkanes of at least 4 members (excludes halogenated alkanes) is 10. The molecule has 0 rings (SSSR count). The summed E-state index contributed by atoms with van der Waals surface area (Å²) in [6, 6.07) is 0.678. The first-order valence-corrected chi connectivity index (χ1v) is 18.3. The fraction of sp³-hybridized carbons (Fsp3) is 0.931. The minimum absolute atomic E-state index is 0.0424. The molecular weight excluding hydrogens is 520 g/mol. The normalized spacial score (nSPS) is 12.4. The molecule has 0 bridgehead atoms. The number of hydrogen-bond acceptors (Lipinski definition) is 8. The average molecular weight is 579 g/mol. The molecule has 38 heavy (non-hydrogen) atoms. The zero-order valence-corrected chi connectivity index (χ0v) is 27.0. The van der Waals surface area contributed by atoms with Gasteiger partial charge in [0.25, 0.3) is 0 Å². The Morgan fingerprint density at radius 2 is 1.11 bits per heavy atom. The molecule has 0 amide bonds. The zero-order chi connectivity index (χ0) is 28.3. The lowest BCUT2D eigenvalue weighted by atomic mass is 10.1. The van der Waals surface area contributed by atoms with Gasteiger partial charge in [-0.3, -0.25) is 9.59 Å². The van der Waals surface area contributed by atoms with Gasteiger partial charge in [-0.2, -0.15) is 0 Å². The van der Waals surface area contributed by atoms with Crippen LogP contribution in [0.25, 0.3) is 0 Å². The van der Waals surface area contributed by atoms with Gasteiger partial charge in [0.15, 0.2) is 0 Å². The van der Waals surface area contributed by atoms with Crippen molar-refractivity contribution < 1.29 is 32.3 Å². The summed E-state index contributed by atoms with van der Waals surface area (Å²) >= 11 is 1.46. The van der Waals surface area contributed by atoms with Crippen LogP contribution in [0.2, 0.25) is 6.04 Å². The Morgan fingerprint density at radius 3 is 1.61 bits per heavy atom. The number of rotatable bonds is 28. The standard InChI is InChI=1S/C29H58O7SSi/c1-6-11-13-15-17-19-22-32-28(30)26-27(29(31)33-23-20-18-16-14-12-7-2)37-24-21-25-38(34-8-3,35-9-4)36-10-5/h27H,6-26H2,1-5H3. The van der Waals surface area contributed by atoms with Crippen LogP contribution in [-0.4, -0.2) is 64.8 Å². The van der Waals surface area contributed by atoms with Crippen molar-refractivity contribution in [2.45, 2.75) is 136 Å². The summed E-state index contributed by atoms with van der Waals surface area (Å²) in [6.45, 7) is 12.7. The van der Waals surface area contributed by atoms with Gasteiger partial charge in [-0.1, -0.05) is 78.1 Å². The van der Waals surface area contributed by atoms with Crippen LogP contribution in [-0.2, 0) is 32.3 Å². The monoisotopic (exact) mass is 578 g/mol. The van der Waals surface area contributed by atoms with Gasteiger partial charge >= 0.3 is 20.7 Å². The van der Waals surface area contributed by atoms with Crippen LogP contribution >= 0.6 is 11.8 Å². The molecule has 226 valence electrons. The lowest BCUT2D eigenvalue weighted by molar-refractivity contribution is -0.149. The lowest BCUT2D eigenvalue weighted by Gasteiger charge is -2.28. The van der Waals surface area contributed by atoms with E-state index in [1.54, 1.807) is 0 Å². The molecule has 0 fully saturated rings. The van der Waals surface area contributed by atoms with Crippen LogP contribution in [0.4, 0.5) is 0 Å². The van der Waals surface area contributed by atoms with E-state index in [0.29, 0.717) is 44.8 Å². The van der Waals surface area contributed by atoms with Crippen LogP contribution in [0.5, 0.6) is 0 Å². The van der Waals surface area contributed by atoms with E-state index in [2.05, 4.69) is 13.8 Å². The first-order valence-electron chi connectivity index (χ1n) is 15.3. The van der Waals surface area contributed by atoms with Crippen LogP contribution in [0.3, 0.4) is 0 Å². The Labute approximate surface area is 239 Å². The molecule has 0 aliphatic rings. The third-order valence-electron chi connectivity index (χ3n) is 6.16. The third kappa shape index (κ3) is 20.3. The van der Waals surface area contributed by atoms with E-state index in [1.807, 2.05) is 20.8 Å². The molecule has 0 radical (unpaired) electrons. The van der Waals surface area contributed by atoms with Crippen LogP contribution in [0.1, 0.15) is 125 Å². The third-order valence-corrected chi connectivity index (χ3v) is 10.6. The topological polar surface area (TPSA) is 80.3 Å². The summed E-state index contributed by atoms with van der Waals surface area (Å²) in [5.41, 5.74) is 0. The highest BCUT2D eigenvalue weighted by Crippen LogP contribution is 2.24. The molecule has 0 aliphatic heterocycles. The number of carbonyl (C=O) groups is 2. The first kappa shape index (κ1) is 37.4. The Bertz CT molecular complexity index is 548. The van der Waals surface area contributed by atoms with E-state index in [1.165, 1.54) is 63.1 Å². The fourth-order valence-electron chi connectivity index (χ4n) is 4.15. The summed E-state index contributed by atoms with van der Waals surface area (Å²) in [7, 11) is -2.72. The Balaban J connectivity index is 4.73. The van der Waals surface area contributed by atoms with Crippen LogP contribution in [0, 0.1) is 0 Å². The molecule has 7 nitrogen and oxygen atoms in total. The molecule has 0 aromatic carbocycles. The fourth-order valence-corrected chi connectivity index (χ4v) is 8.07. The molecule has 0 spiro atoms. The predicted octanol–water partition coefficient (Wildman–Crippen LogP) is 7.72. The minimum Gasteiger partial charge on any atom is -0.466 e. The van der Waals surface area contributed by atoms with E-state index in [-0.39, 0.29) is 18.4 Å². The SMILES string of the molecule is CCCCCCCCOC(=O)CC(SCCC[Si](OCC)(OCC)OCC)C(=O)OCCCCCCCC. The number of carbonyl (C=O) groups excluding carboxylic acids is 2. The number of esters is 2. The lowest BCUT2D eigenvalue weighted by Crippen LogP contribution is -2.46. The maximum absolute atomic E-state index is 12.9. The van der Waals surface area contributed by atoms with Crippen molar-refractivity contribution in [3.8, 4) is 0 Å². The van der Waals surface area contributed by atoms with Crippen molar-refractivity contribution in [1.82, 2.24) is 0 Å². The second kappa shape index (κ2) is 26.6. The average Bonchev–Trinajstić information content (AvgIpc) is 2.89. The first-order chi connectivity index (χ1) is 18.5. The predicted molar refractivity (Wildman–Crippen MR) is 160 cm³/mol. The van der Waals surface area contributed by atoms with E-state index in [4.69, 9.17) is 22.8 Å². The van der Waals surface area contributed by atoms with Crippen LogP contribution in [0.15, 0.2) is 0 Å². The Kier molecular flexibility index (Phi) is 26.2. The van der Waals surface area contributed by atoms with E-state index in [9.17, 15) is 9.59 Å². The summed E-state index contributed by atoms with van der Waals surface area (Å²) in [5.74, 6) is 0.0426. The molecular formula is C29H58O7SSi. The van der Waals surface area contributed by atoms with Crippen molar-refractivity contribution in [3.63, 3.8) is 0 Å². The van der Waals surface area contributed by atoms with Crippen molar-refractivity contribution in [2.75, 3.05) is 38.8 Å². The van der Waals surface area contributed by atoms with E-state index < -0.39 is 14.1 Å². The van der Waals surface area contributed by atoms with Gasteiger partial charge in [-0.15, -0.1) is 11.8 Å². The molecule has 0 heterocycles. The molecule has 1 unspecified atom stereocenters. The van der Waals surface area contributed by atoms with Gasteiger partial charge in [-0.25, -0.2) is 0 Å². The maximum atomic E-state index is 12.9. The van der Waals surface area contributed by atoms with Gasteiger partial charge in [0.2, 0.25) is 0 Å². The molecule has 0 N–H and O–H groups in total. The second-order valence-corrected chi connectivity index (χ2v) is 13.6. The Morgan fingerprint density at radius 1 is 0.632 bits per heavy atom. The van der Waals surface area contributed by atoms with Gasteiger partial charge in [0.1, 0.15) is 5.25 Å². The summed E-state index contributed by atoms with van der Waals surface area (Å²) in [5, 5.41) is -0.561.